The molecule has 0 aliphatic rings. The van der Waals surface area contributed by atoms with Gasteiger partial charge in [0.15, 0.2) is 0 Å². The Kier molecular flexibility index (Phi) is 5.79. The third-order valence-corrected chi connectivity index (χ3v) is 2.90. The van der Waals surface area contributed by atoms with Crippen LogP contribution in [0, 0.1) is 6.92 Å². The average molecular weight is 309 g/mol. The number of hydrogen-bond donors (Lipinski definition) is 2. The maximum atomic E-state index is 11.7. The molecule has 1 amide bonds. The first-order valence-electron chi connectivity index (χ1n) is 6.98. The molecule has 122 valence electrons. The summed E-state index contributed by atoms with van der Waals surface area (Å²) >= 11 is 0. The number of amides is 1. The lowest BCUT2D eigenvalue weighted by Crippen LogP contribution is -2.44. The van der Waals surface area contributed by atoms with E-state index in [9.17, 15) is 14.7 Å². The second-order valence-corrected chi connectivity index (χ2v) is 6.05. The summed E-state index contributed by atoms with van der Waals surface area (Å²) in [4.78, 5) is 23.0. The number of aliphatic carboxylic acids is 1. The molecule has 1 unspecified atom stereocenters. The molecule has 0 aromatic heterocycles. The molecular formula is C16H23NO5. The van der Waals surface area contributed by atoms with E-state index in [0.29, 0.717) is 5.75 Å². The Balaban J connectivity index is 2.81. The lowest BCUT2D eigenvalue weighted by molar-refractivity contribution is -0.139. The van der Waals surface area contributed by atoms with Crippen LogP contribution in [0.25, 0.3) is 0 Å². The fourth-order valence-corrected chi connectivity index (χ4v) is 1.88. The molecule has 1 rings (SSSR count). The summed E-state index contributed by atoms with van der Waals surface area (Å²) in [6.45, 7) is 7.05. The van der Waals surface area contributed by atoms with Gasteiger partial charge < -0.3 is 19.9 Å². The molecule has 1 aromatic rings. The van der Waals surface area contributed by atoms with Crippen LogP contribution in [0.15, 0.2) is 18.2 Å². The number of carboxylic acid groups (broad SMARTS) is 1. The van der Waals surface area contributed by atoms with Crippen LogP contribution in [-0.2, 0) is 16.0 Å². The van der Waals surface area contributed by atoms with E-state index in [0.717, 1.165) is 11.1 Å². The minimum atomic E-state index is -1.12. The number of methoxy groups -OCH3 is 1. The van der Waals surface area contributed by atoms with Crippen molar-refractivity contribution < 1.29 is 24.2 Å². The molecule has 1 atom stereocenters. The van der Waals surface area contributed by atoms with E-state index < -0.39 is 23.7 Å². The summed E-state index contributed by atoms with van der Waals surface area (Å²) in [7, 11) is 1.56. The highest BCUT2D eigenvalue weighted by Gasteiger charge is 2.24. The summed E-state index contributed by atoms with van der Waals surface area (Å²) in [6, 6.07) is 4.36. The molecule has 0 spiro atoms. The van der Waals surface area contributed by atoms with Crippen LogP contribution in [-0.4, -0.2) is 35.9 Å². The zero-order valence-corrected chi connectivity index (χ0v) is 13.6. The molecule has 0 fully saturated rings. The van der Waals surface area contributed by atoms with Crippen LogP contribution in [0.5, 0.6) is 5.75 Å². The third kappa shape index (κ3) is 5.63. The van der Waals surface area contributed by atoms with E-state index >= 15 is 0 Å². The van der Waals surface area contributed by atoms with E-state index in [1.54, 1.807) is 33.9 Å². The summed E-state index contributed by atoms with van der Waals surface area (Å²) in [5.74, 6) is -0.440. The predicted molar refractivity (Wildman–Crippen MR) is 82.2 cm³/mol. The third-order valence-electron chi connectivity index (χ3n) is 2.90. The van der Waals surface area contributed by atoms with Crippen molar-refractivity contribution in [2.24, 2.45) is 0 Å². The maximum Gasteiger partial charge on any atom is 0.408 e. The van der Waals surface area contributed by atoms with Crippen molar-refractivity contribution in [3.8, 4) is 5.75 Å². The molecule has 1 aromatic carbocycles. The van der Waals surface area contributed by atoms with Gasteiger partial charge in [0, 0.05) is 6.42 Å². The zero-order chi connectivity index (χ0) is 16.9. The van der Waals surface area contributed by atoms with Crippen molar-refractivity contribution in [1.29, 1.82) is 0 Å². The van der Waals surface area contributed by atoms with Gasteiger partial charge in [-0.3, -0.25) is 0 Å². The van der Waals surface area contributed by atoms with Gasteiger partial charge in [0.25, 0.3) is 0 Å². The molecule has 0 heterocycles. The topological polar surface area (TPSA) is 84.9 Å². The minimum absolute atomic E-state index is 0.144. The van der Waals surface area contributed by atoms with Crippen molar-refractivity contribution >= 4 is 12.1 Å². The SMILES string of the molecule is COc1cc(CC(NC(=O)OC(C)(C)C)C(=O)O)ccc1C. The van der Waals surface area contributed by atoms with Gasteiger partial charge in [0.05, 0.1) is 7.11 Å². The highest BCUT2D eigenvalue weighted by atomic mass is 16.6. The van der Waals surface area contributed by atoms with Crippen molar-refractivity contribution in [3.63, 3.8) is 0 Å². The Morgan fingerprint density at radius 2 is 1.95 bits per heavy atom. The van der Waals surface area contributed by atoms with Crippen LogP contribution < -0.4 is 10.1 Å². The molecule has 0 radical (unpaired) electrons. The van der Waals surface area contributed by atoms with Crippen LogP contribution in [0.4, 0.5) is 4.79 Å². The van der Waals surface area contributed by atoms with E-state index in [1.807, 2.05) is 19.1 Å². The van der Waals surface area contributed by atoms with Crippen LogP contribution in [0.2, 0.25) is 0 Å². The summed E-state index contributed by atoms with van der Waals surface area (Å²) in [6.07, 6.45) is -0.607. The number of rotatable bonds is 5. The molecular weight excluding hydrogens is 286 g/mol. The van der Waals surface area contributed by atoms with E-state index in [1.165, 1.54) is 0 Å². The largest absolute Gasteiger partial charge is 0.496 e. The highest BCUT2D eigenvalue weighted by Crippen LogP contribution is 2.20. The Bertz CT molecular complexity index is 548. The second kappa shape index (κ2) is 7.15. The first kappa shape index (κ1) is 17.8. The molecule has 0 saturated heterocycles. The van der Waals surface area contributed by atoms with Crippen LogP contribution in [0.3, 0.4) is 0 Å². The summed E-state index contributed by atoms with van der Waals surface area (Å²) in [5.41, 5.74) is 1.03. The van der Waals surface area contributed by atoms with E-state index in [2.05, 4.69) is 5.32 Å². The van der Waals surface area contributed by atoms with E-state index in [4.69, 9.17) is 9.47 Å². The molecule has 22 heavy (non-hydrogen) atoms. The zero-order valence-electron chi connectivity index (χ0n) is 13.6. The van der Waals surface area contributed by atoms with E-state index in [-0.39, 0.29) is 6.42 Å². The highest BCUT2D eigenvalue weighted by molar-refractivity contribution is 5.80. The van der Waals surface area contributed by atoms with Gasteiger partial charge in [-0.2, -0.15) is 0 Å². The maximum absolute atomic E-state index is 11.7. The number of ether oxygens (including phenoxy) is 2. The Labute approximate surface area is 130 Å². The number of benzene rings is 1. The van der Waals surface area contributed by atoms with Gasteiger partial charge in [0.1, 0.15) is 17.4 Å². The number of hydrogen-bond acceptors (Lipinski definition) is 4. The Morgan fingerprint density at radius 3 is 2.45 bits per heavy atom. The lowest BCUT2D eigenvalue weighted by Gasteiger charge is -2.22. The Hall–Kier alpha value is -2.24. The van der Waals surface area contributed by atoms with Crippen LogP contribution in [0.1, 0.15) is 31.9 Å². The van der Waals surface area contributed by atoms with Gasteiger partial charge in [-0.25, -0.2) is 9.59 Å². The van der Waals surface area contributed by atoms with Crippen LogP contribution >= 0.6 is 0 Å². The predicted octanol–water partition coefficient (Wildman–Crippen LogP) is 2.52. The molecule has 0 bridgehead atoms. The van der Waals surface area contributed by atoms with Gasteiger partial charge in [-0.05, 0) is 44.9 Å². The normalized spacial score (nSPS) is 12.4. The smallest absolute Gasteiger partial charge is 0.408 e. The second-order valence-electron chi connectivity index (χ2n) is 6.05. The molecule has 0 aliphatic carbocycles. The monoisotopic (exact) mass is 309 g/mol. The first-order valence-corrected chi connectivity index (χ1v) is 6.98. The molecule has 6 nitrogen and oxygen atoms in total. The van der Waals surface area contributed by atoms with Gasteiger partial charge in [-0.1, -0.05) is 12.1 Å². The summed E-state index contributed by atoms with van der Waals surface area (Å²) in [5, 5.41) is 11.6. The summed E-state index contributed by atoms with van der Waals surface area (Å²) < 4.78 is 10.3. The number of alkyl carbamates (subject to hydrolysis) is 1. The van der Waals surface area contributed by atoms with Crippen molar-refractivity contribution in [3.05, 3.63) is 29.3 Å². The van der Waals surface area contributed by atoms with Crippen molar-refractivity contribution in [1.82, 2.24) is 5.32 Å². The molecule has 6 heteroatoms. The van der Waals surface area contributed by atoms with Gasteiger partial charge in [-0.15, -0.1) is 0 Å². The number of carbonyl (C=O) groups is 2. The average Bonchev–Trinajstić information content (AvgIpc) is 2.37. The fraction of sp³-hybridized carbons (Fsp3) is 0.500. The van der Waals surface area contributed by atoms with Gasteiger partial charge >= 0.3 is 12.1 Å². The number of nitrogens with one attached hydrogen (secondary N) is 1. The van der Waals surface area contributed by atoms with Crippen molar-refractivity contribution in [2.45, 2.75) is 45.8 Å². The molecule has 0 saturated carbocycles. The number of carboxylic acids is 1. The van der Waals surface area contributed by atoms with Gasteiger partial charge in [0.2, 0.25) is 0 Å². The lowest BCUT2D eigenvalue weighted by atomic mass is 10.0. The Morgan fingerprint density at radius 1 is 1.32 bits per heavy atom. The van der Waals surface area contributed by atoms with Crippen molar-refractivity contribution in [2.75, 3.05) is 7.11 Å². The fourth-order valence-electron chi connectivity index (χ4n) is 1.88. The quantitative estimate of drug-likeness (QED) is 0.873. The molecule has 2 N–H and O–H groups in total. The standard InChI is InChI=1S/C16H23NO5/c1-10-6-7-11(9-13(10)21-5)8-12(14(18)19)17-15(20)22-16(2,3)4/h6-7,9,12H,8H2,1-5H3,(H,17,20)(H,18,19). The number of carbonyl (C=O) groups excluding carboxylic acids is 1. The minimum Gasteiger partial charge on any atom is -0.496 e. The molecule has 0 aliphatic heterocycles. The number of aryl methyl sites for hydroxylation is 1. The first-order chi connectivity index (χ1) is 10.1.